The van der Waals surface area contributed by atoms with E-state index in [2.05, 4.69) is 5.32 Å². The van der Waals surface area contributed by atoms with E-state index in [0.717, 1.165) is 19.3 Å². The highest BCUT2D eigenvalue weighted by atomic mass is 19.4. The number of alkyl halides is 3. The molecule has 2 rings (SSSR count). The molecule has 2 aliphatic carbocycles. The molecule has 2 atom stereocenters. The molecule has 2 saturated carbocycles. The molecule has 0 spiro atoms. The van der Waals surface area contributed by atoms with E-state index in [4.69, 9.17) is 0 Å². The fourth-order valence-corrected chi connectivity index (χ4v) is 3.58. The molecule has 122 valence electrons. The van der Waals surface area contributed by atoms with E-state index in [0.29, 0.717) is 25.7 Å². The average molecular weight is 307 g/mol. The molecule has 2 fully saturated rings. The molecule has 2 unspecified atom stereocenters. The molecular formula is C15H24F3NO2. The number of amides is 1. The highest BCUT2D eigenvalue weighted by molar-refractivity contribution is 5.77. The Kier molecular flexibility index (Phi) is 5.17. The van der Waals surface area contributed by atoms with E-state index in [1.165, 1.54) is 0 Å². The lowest BCUT2D eigenvalue weighted by atomic mass is 9.81. The average Bonchev–Trinajstić information content (AvgIpc) is 2.38. The summed E-state index contributed by atoms with van der Waals surface area (Å²) in [5.74, 6) is -1.62. The normalized spacial score (nSPS) is 29.9. The van der Waals surface area contributed by atoms with E-state index in [1.54, 1.807) is 0 Å². The number of carbonyl (C=O) groups excluding carboxylic acids is 1. The summed E-state index contributed by atoms with van der Waals surface area (Å²) in [5.41, 5.74) is -0.958. The third-order valence-corrected chi connectivity index (χ3v) is 4.78. The maximum absolute atomic E-state index is 12.7. The first kappa shape index (κ1) is 16.6. The van der Waals surface area contributed by atoms with Crippen molar-refractivity contribution in [1.82, 2.24) is 5.32 Å². The summed E-state index contributed by atoms with van der Waals surface area (Å²) < 4.78 is 38.2. The van der Waals surface area contributed by atoms with Crippen LogP contribution in [0.5, 0.6) is 0 Å². The molecule has 21 heavy (non-hydrogen) atoms. The Balaban J connectivity index is 1.82. The summed E-state index contributed by atoms with van der Waals surface area (Å²) in [7, 11) is 0. The number of hydrogen-bond acceptors (Lipinski definition) is 2. The van der Waals surface area contributed by atoms with Crippen LogP contribution in [-0.2, 0) is 4.79 Å². The zero-order valence-corrected chi connectivity index (χ0v) is 12.2. The van der Waals surface area contributed by atoms with Crippen molar-refractivity contribution in [2.75, 3.05) is 0 Å². The minimum Gasteiger partial charge on any atom is -0.389 e. The maximum Gasteiger partial charge on any atom is 0.391 e. The lowest BCUT2D eigenvalue weighted by Crippen LogP contribution is -2.45. The van der Waals surface area contributed by atoms with Gasteiger partial charge in [0.25, 0.3) is 0 Å². The first-order valence-corrected chi connectivity index (χ1v) is 7.87. The molecule has 0 aromatic rings. The molecule has 3 nitrogen and oxygen atoms in total. The molecule has 0 radical (unpaired) electrons. The Hall–Kier alpha value is -0.780. The van der Waals surface area contributed by atoms with Crippen molar-refractivity contribution in [2.45, 2.75) is 82.0 Å². The Morgan fingerprint density at radius 2 is 1.81 bits per heavy atom. The SMILES string of the molecule is O=C(CC1(O)CCCCC1)NC1CCCC(C(F)(F)F)C1. The summed E-state index contributed by atoms with van der Waals surface area (Å²) in [4.78, 5) is 12.0. The topological polar surface area (TPSA) is 49.3 Å². The van der Waals surface area contributed by atoms with E-state index in [1.807, 2.05) is 0 Å². The maximum atomic E-state index is 12.7. The summed E-state index contributed by atoms with van der Waals surface area (Å²) in [5, 5.41) is 13.0. The lowest BCUT2D eigenvalue weighted by Gasteiger charge is -2.34. The molecule has 2 aliphatic rings. The number of nitrogens with one attached hydrogen (secondary N) is 1. The molecule has 0 bridgehead atoms. The van der Waals surface area contributed by atoms with Gasteiger partial charge in [0, 0.05) is 6.04 Å². The van der Waals surface area contributed by atoms with Gasteiger partial charge in [-0.25, -0.2) is 0 Å². The largest absolute Gasteiger partial charge is 0.391 e. The molecule has 0 aliphatic heterocycles. The molecule has 0 saturated heterocycles. The highest BCUT2D eigenvalue weighted by Crippen LogP contribution is 2.37. The van der Waals surface area contributed by atoms with E-state index in [9.17, 15) is 23.1 Å². The Bertz CT molecular complexity index is 364. The predicted molar refractivity (Wildman–Crippen MR) is 72.6 cm³/mol. The predicted octanol–water partition coefficient (Wildman–Crippen LogP) is 3.31. The minimum absolute atomic E-state index is 0.0141. The van der Waals surface area contributed by atoms with Gasteiger partial charge in [0.15, 0.2) is 0 Å². The van der Waals surface area contributed by atoms with Gasteiger partial charge in [-0.05, 0) is 32.1 Å². The van der Waals surface area contributed by atoms with Crippen LogP contribution in [0.2, 0.25) is 0 Å². The van der Waals surface area contributed by atoms with Crippen LogP contribution >= 0.6 is 0 Å². The molecule has 0 aromatic heterocycles. The van der Waals surface area contributed by atoms with Crippen LogP contribution < -0.4 is 5.32 Å². The summed E-state index contributed by atoms with van der Waals surface area (Å²) >= 11 is 0. The van der Waals surface area contributed by atoms with Gasteiger partial charge in [-0.15, -0.1) is 0 Å². The number of halogens is 3. The highest BCUT2D eigenvalue weighted by Gasteiger charge is 2.42. The van der Waals surface area contributed by atoms with Crippen LogP contribution in [-0.4, -0.2) is 28.8 Å². The molecule has 0 heterocycles. The summed E-state index contributed by atoms with van der Waals surface area (Å²) in [6.07, 6.45) is 1.13. The second-order valence-corrected chi connectivity index (χ2v) is 6.63. The fourth-order valence-electron chi connectivity index (χ4n) is 3.58. The number of hydrogen-bond donors (Lipinski definition) is 2. The van der Waals surface area contributed by atoms with Crippen molar-refractivity contribution in [3.8, 4) is 0 Å². The van der Waals surface area contributed by atoms with Crippen LogP contribution in [0.25, 0.3) is 0 Å². The third-order valence-electron chi connectivity index (χ3n) is 4.78. The summed E-state index contributed by atoms with van der Waals surface area (Å²) in [6, 6.07) is -0.412. The first-order valence-electron chi connectivity index (χ1n) is 7.87. The smallest absolute Gasteiger partial charge is 0.389 e. The lowest BCUT2D eigenvalue weighted by molar-refractivity contribution is -0.184. The second kappa shape index (κ2) is 6.55. The van der Waals surface area contributed by atoms with Crippen LogP contribution in [0.3, 0.4) is 0 Å². The minimum atomic E-state index is -4.18. The second-order valence-electron chi connectivity index (χ2n) is 6.63. The van der Waals surface area contributed by atoms with Crippen LogP contribution in [0.15, 0.2) is 0 Å². The van der Waals surface area contributed by atoms with Crippen molar-refractivity contribution in [3.05, 3.63) is 0 Å². The number of aliphatic hydroxyl groups is 1. The van der Waals surface area contributed by atoms with Crippen LogP contribution in [0.4, 0.5) is 13.2 Å². The first-order chi connectivity index (χ1) is 9.78. The van der Waals surface area contributed by atoms with Crippen molar-refractivity contribution in [1.29, 1.82) is 0 Å². The van der Waals surface area contributed by atoms with Gasteiger partial charge < -0.3 is 10.4 Å². The van der Waals surface area contributed by atoms with Gasteiger partial charge >= 0.3 is 6.18 Å². The Labute approximate surface area is 123 Å². The van der Waals surface area contributed by atoms with Crippen molar-refractivity contribution < 1.29 is 23.1 Å². The van der Waals surface area contributed by atoms with Gasteiger partial charge in [0.05, 0.1) is 17.9 Å². The van der Waals surface area contributed by atoms with E-state index < -0.39 is 23.7 Å². The zero-order valence-electron chi connectivity index (χ0n) is 12.2. The van der Waals surface area contributed by atoms with Gasteiger partial charge in [-0.2, -0.15) is 13.2 Å². The fraction of sp³-hybridized carbons (Fsp3) is 0.933. The van der Waals surface area contributed by atoms with E-state index >= 15 is 0 Å². The van der Waals surface area contributed by atoms with Crippen molar-refractivity contribution in [3.63, 3.8) is 0 Å². The third kappa shape index (κ3) is 4.87. The quantitative estimate of drug-likeness (QED) is 0.840. The monoisotopic (exact) mass is 307 g/mol. The number of rotatable bonds is 3. The molecule has 0 aromatic carbocycles. The van der Waals surface area contributed by atoms with Crippen molar-refractivity contribution in [2.24, 2.45) is 5.92 Å². The zero-order chi connectivity index (χ0) is 15.5. The Morgan fingerprint density at radius 1 is 1.14 bits per heavy atom. The Morgan fingerprint density at radius 3 is 2.43 bits per heavy atom. The van der Waals surface area contributed by atoms with E-state index in [-0.39, 0.29) is 25.2 Å². The molecular weight excluding hydrogens is 283 g/mol. The van der Waals surface area contributed by atoms with Crippen LogP contribution in [0.1, 0.15) is 64.2 Å². The van der Waals surface area contributed by atoms with Gasteiger partial charge in [-0.1, -0.05) is 25.7 Å². The number of carbonyl (C=O) groups is 1. The van der Waals surface area contributed by atoms with Crippen LogP contribution in [0, 0.1) is 5.92 Å². The van der Waals surface area contributed by atoms with Crippen molar-refractivity contribution >= 4 is 5.91 Å². The van der Waals surface area contributed by atoms with Gasteiger partial charge in [0.2, 0.25) is 5.91 Å². The van der Waals surface area contributed by atoms with Gasteiger partial charge in [-0.3, -0.25) is 4.79 Å². The molecule has 6 heteroatoms. The molecule has 1 amide bonds. The summed E-state index contributed by atoms with van der Waals surface area (Å²) in [6.45, 7) is 0. The molecule has 2 N–H and O–H groups in total. The standard InChI is InChI=1S/C15H24F3NO2/c16-15(17,18)11-5-4-6-12(9-11)19-13(20)10-14(21)7-2-1-3-8-14/h11-12,21H,1-10H2,(H,19,20). The van der Waals surface area contributed by atoms with Gasteiger partial charge in [0.1, 0.15) is 0 Å².